The van der Waals surface area contributed by atoms with Crippen LogP contribution in [0.5, 0.6) is 11.5 Å². The number of rotatable bonds is 9. The predicted octanol–water partition coefficient (Wildman–Crippen LogP) is 5.02. The maximum atomic E-state index is 13.8. The first-order chi connectivity index (χ1) is 16.4. The van der Waals surface area contributed by atoms with Crippen molar-refractivity contribution in [2.24, 2.45) is 5.92 Å². The van der Waals surface area contributed by atoms with Gasteiger partial charge in [-0.3, -0.25) is 9.59 Å². The smallest absolute Gasteiger partial charge is 0.247 e. The highest BCUT2D eigenvalue weighted by molar-refractivity contribution is 6.27. The number of hydrogen-bond donors (Lipinski definition) is 1. The Kier molecular flexibility index (Phi) is 9.22. The monoisotopic (exact) mass is 486 g/mol. The SMILES string of the molecule is COc1ccc(OC)c(C(C(=O)NC2CCC(C)CC2)N(Cc2ccc(C)cc2)C(=O)CCl)c1. The Morgan fingerprint density at radius 1 is 1.06 bits per heavy atom. The molecular weight excluding hydrogens is 452 g/mol. The van der Waals surface area contributed by atoms with Gasteiger partial charge in [0.1, 0.15) is 23.4 Å². The number of alkyl halides is 1. The van der Waals surface area contributed by atoms with Gasteiger partial charge in [0, 0.05) is 18.2 Å². The minimum absolute atomic E-state index is 0.0788. The predicted molar refractivity (Wildman–Crippen MR) is 134 cm³/mol. The van der Waals surface area contributed by atoms with Gasteiger partial charge in [0.05, 0.1) is 14.2 Å². The fourth-order valence-electron chi connectivity index (χ4n) is 4.48. The molecule has 1 atom stereocenters. The summed E-state index contributed by atoms with van der Waals surface area (Å²) < 4.78 is 11.0. The molecule has 2 aromatic carbocycles. The van der Waals surface area contributed by atoms with Crippen LogP contribution in [0.4, 0.5) is 0 Å². The average molecular weight is 487 g/mol. The molecule has 2 aromatic rings. The summed E-state index contributed by atoms with van der Waals surface area (Å²) in [6.07, 6.45) is 4.00. The lowest BCUT2D eigenvalue weighted by Crippen LogP contribution is -2.47. The molecular formula is C27H35ClN2O4. The summed E-state index contributed by atoms with van der Waals surface area (Å²) in [4.78, 5) is 28.5. The number of nitrogens with zero attached hydrogens (tertiary/aromatic N) is 1. The lowest BCUT2D eigenvalue weighted by Gasteiger charge is -2.34. The number of hydrogen-bond acceptors (Lipinski definition) is 4. The quantitative estimate of drug-likeness (QED) is 0.505. The van der Waals surface area contributed by atoms with Crippen LogP contribution < -0.4 is 14.8 Å². The van der Waals surface area contributed by atoms with E-state index in [0.717, 1.165) is 36.8 Å². The first kappa shape index (κ1) is 25.9. The Hall–Kier alpha value is -2.73. The van der Waals surface area contributed by atoms with Crippen LogP contribution >= 0.6 is 11.6 Å². The minimum atomic E-state index is -0.919. The number of carbonyl (C=O) groups excluding carboxylic acids is 2. The van der Waals surface area contributed by atoms with Gasteiger partial charge in [-0.2, -0.15) is 0 Å². The van der Waals surface area contributed by atoms with Crippen LogP contribution in [0.25, 0.3) is 0 Å². The van der Waals surface area contributed by atoms with Gasteiger partial charge in [-0.05, 0) is 62.3 Å². The van der Waals surface area contributed by atoms with Gasteiger partial charge in [-0.1, -0.05) is 36.8 Å². The van der Waals surface area contributed by atoms with E-state index >= 15 is 0 Å². The number of halogens is 1. The molecule has 0 spiro atoms. The standard InChI is InChI=1S/C27H35ClN2O4/c1-18-5-9-20(10-6-18)17-30(25(31)16-28)26(23-15-22(33-3)13-14-24(23)34-4)27(32)29-21-11-7-19(2)8-12-21/h5-6,9-10,13-15,19,21,26H,7-8,11-12,16-17H2,1-4H3,(H,29,32). The van der Waals surface area contributed by atoms with E-state index in [9.17, 15) is 9.59 Å². The Balaban J connectivity index is 2.03. The van der Waals surface area contributed by atoms with Gasteiger partial charge in [0.25, 0.3) is 0 Å². The number of carbonyl (C=O) groups is 2. The van der Waals surface area contributed by atoms with E-state index in [4.69, 9.17) is 21.1 Å². The van der Waals surface area contributed by atoms with Crippen molar-refractivity contribution in [3.8, 4) is 11.5 Å². The molecule has 184 valence electrons. The van der Waals surface area contributed by atoms with E-state index in [1.807, 2.05) is 31.2 Å². The average Bonchev–Trinajstić information content (AvgIpc) is 2.85. The molecule has 1 aliphatic carbocycles. The number of amides is 2. The molecule has 2 amide bonds. The van der Waals surface area contributed by atoms with E-state index < -0.39 is 6.04 Å². The number of ether oxygens (including phenoxy) is 2. The molecule has 0 heterocycles. The van der Waals surface area contributed by atoms with Gasteiger partial charge in [-0.15, -0.1) is 11.6 Å². The lowest BCUT2D eigenvalue weighted by molar-refractivity contribution is -0.140. The molecule has 1 N–H and O–H groups in total. The summed E-state index contributed by atoms with van der Waals surface area (Å²) >= 11 is 6.04. The molecule has 0 aromatic heterocycles. The Morgan fingerprint density at radius 2 is 1.74 bits per heavy atom. The van der Waals surface area contributed by atoms with Gasteiger partial charge in [0.2, 0.25) is 11.8 Å². The molecule has 6 nitrogen and oxygen atoms in total. The van der Waals surface area contributed by atoms with Gasteiger partial charge in [0.15, 0.2) is 0 Å². The summed E-state index contributed by atoms with van der Waals surface area (Å²) in [5, 5.41) is 3.21. The lowest BCUT2D eigenvalue weighted by atomic mass is 9.87. The van der Waals surface area contributed by atoms with Crippen molar-refractivity contribution in [2.45, 2.75) is 58.2 Å². The third kappa shape index (κ3) is 6.44. The molecule has 0 bridgehead atoms. The van der Waals surface area contributed by atoms with E-state index in [1.54, 1.807) is 32.4 Å². The van der Waals surface area contributed by atoms with Crippen molar-refractivity contribution in [3.05, 3.63) is 59.2 Å². The van der Waals surface area contributed by atoms with E-state index in [0.29, 0.717) is 23.0 Å². The van der Waals surface area contributed by atoms with Crippen LogP contribution in [0.2, 0.25) is 0 Å². The second kappa shape index (κ2) is 12.1. The summed E-state index contributed by atoms with van der Waals surface area (Å²) in [7, 11) is 3.12. The topological polar surface area (TPSA) is 67.9 Å². The molecule has 1 saturated carbocycles. The van der Waals surface area contributed by atoms with E-state index in [1.165, 1.54) is 4.90 Å². The molecule has 0 radical (unpaired) electrons. The Bertz CT molecular complexity index is 971. The molecule has 0 aliphatic heterocycles. The fourth-order valence-corrected chi connectivity index (χ4v) is 4.63. The van der Waals surface area contributed by atoms with Crippen LogP contribution in [0.3, 0.4) is 0 Å². The number of methoxy groups -OCH3 is 2. The maximum Gasteiger partial charge on any atom is 0.247 e. The van der Waals surface area contributed by atoms with Crippen LogP contribution in [0, 0.1) is 12.8 Å². The number of nitrogens with one attached hydrogen (secondary N) is 1. The number of aryl methyl sites for hydroxylation is 1. The summed E-state index contributed by atoms with van der Waals surface area (Å²) in [5.74, 6) is 0.950. The molecule has 1 unspecified atom stereocenters. The van der Waals surface area contributed by atoms with Crippen molar-refractivity contribution < 1.29 is 19.1 Å². The highest BCUT2D eigenvalue weighted by Gasteiger charge is 2.35. The first-order valence-electron chi connectivity index (χ1n) is 11.8. The third-order valence-electron chi connectivity index (χ3n) is 6.56. The fraction of sp³-hybridized carbons (Fsp3) is 0.481. The van der Waals surface area contributed by atoms with Gasteiger partial charge in [-0.25, -0.2) is 0 Å². The second-order valence-corrected chi connectivity index (χ2v) is 9.38. The third-order valence-corrected chi connectivity index (χ3v) is 6.79. The minimum Gasteiger partial charge on any atom is -0.497 e. The van der Waals surface area contributed by atoms with E-state index in [-0.39, 0.29) is 30.3 Å². The summed E-state index contributed by atoms with van der Waals surface area (Å²) in [5.41, 5.74) is 2.60. The van der Waals surface area contributed by atoms with Crippen LogP contribution in [0.1, 0.15) is 55.3 Å². The molecule has 7 heteroatoms. The van der Waals surface area contributed by atoms with Crippen LogP contribution in [-0.4, -0.2) is 42.9 Å². The largest absolute Gasteiger partial charge is 0.497 e. The van der Waals surface area contributed by atoms with Crippen LogP contribution in [0.15, 0.2) is 42.5 Å². The first-order valence-corrected chi connectivity index (χ1v) is 12.3. The van der Waals surface area contributed by atoms with Gasteiger partial charge < -0.3 is 19.7 Å². The zero-order chi connectivity index (χ0) is 24.7. The highest BCUT2D eigenvalue weighted by atomic mass is 35.5. The second-order valence-electron chi connectivity index (χ2n) is 9.12. The van der Waals surface area contributed by atoms with Crippen molar-refractivity contribution in [1.82, 2.24) is 10.2 Å². The molecule has 1 fully saturated rings. The Morgan fingerprint density at radius 3 is 2.32 bits per heavy atom. The molecule has 1 aliphatic rings. The van der Waals surface area contributed by atoms with Crippen LogP contribution in [-0.2, 0) is 16.1 Å². The van der Waals surface area contributed by atoms with E-state index in [2.05, 4.69) is 12.2 Å². The van der Waals surface area contributed by atoms with Crippen molar-refractivity contribution in [1.29, 1.82) is 0 Å². The zero-order valence-electron chi connectivity index (χ0n) is 20.5. The molecule has 3 rings (SSSR count). The summed E-state index contributed by atoms with van der Waals surface area (Å²) in [6, 6.07) is 12.3. The van der Waals surface area contributed by atoms with Crippen molar-refractivity contribution >= 4 is 23.4 Å². The maximum absolute atomic E-state index is 13.8. The summed E-state index contributed by atoms with van der Waals surface area (Å²) in [6.45, 7) is 4.49. The zero-order valence-corrected chi connectivity index (χ0v) is 21.2. The normalized spacial score (nSPS) is 18.6. The van der Waals surface area contributed by atoms with Crippen molar-refractivity contribution in [2.75, 3.05) is 20.1 Å². The Labute approximate surface area is 207 Å². The van der Waals surface area contributed by atoms with Crippen molar-refractivity contribution in [3.63, 3.8) is 0 Å². The highest BCUT2D eigenvalue weighted by Crippen LogP contribution is 2.35. The van der Waals surface area contributed by atoms with Gasteiger partial charge >= 0.3 is 0 Å². The number of benzene rings is 2. The molecule has 34 heavy (non-hydrogen) atoms. The molecule has 0 saturated heterocycles.